The smallest absolute Gasteiger partial charge is 0.170 e. The molecule has 1 saturated carbocycles. The van der Waals surface area contributed by atoms with Crippen molar-refractivity contribution in [1.29, 1.82) is 0 Å². The summed E-state index contributed by atoms with van der Waals surface area (Å²) in [4.78, 5) is 0. The van der Waals surface area contributed by atoms with Gasteiger partial charge in [0, 0.05) is 0 Å². The van der Waals surface area contributed by atoms with Crippen LogP contribution in [0.2, 0.25) is 0 Å². The molecular formula is C14H16F12. The van der Waals surface area contributed by atoms with Gasteiger partial charge in [-0.05, 0) is 44.9 Å². The van der Waals surface area contributed by atoms with E-state index in [9.17, 15) is 52.7 Å². The van der Waals surface area contributed by atoms with Crippen molar-refractivity contribution in [2.24, 2.45) is 22.7 Å². The lowest BCUT2D eigenvalue weighted by Crippen LogP contribution is -2.57. The fraction of sp³-hybridized carbons (Fsp3) is 1.00. The van der Waals surface area contributed by atoms with Crippen LogP contribution in [0.4, 0.5) is 52.7 Å². The van der Waals surface area contributed by atoms with Gasteiger partial charge < -0.3 is 0 Å². The predicted octanol–water partition coefficient (Wildman–Crippen LogP) is 7.05. The van der Waals surface area contributed by atoms with Gasteiger partial charge in [-0.25, -0.2) is 0 Å². The summed E-state index contributed by atoms with van der Waals surface area (Å²) in [5, 5.41) is 0. The molecule has 0 bridgehead atoms. The molecule has 0 spiro atoms. The van der Waals surface area contributed by atoms with Crippen LogP contribution >= 0.6 is 0 Å². The molecule has 1 fully saturated rings. The van der Waals surface area contributed by atoms with Crippen LogP contribution in [0.15, 0.2) is 0 Å². The third-order valence-corrected chi connectivity index (χ3v) is 5.66. The van der Waals surface area contributed by atoms with Crippen LogP contribution in [-0.2, 0) is 0 Å². The van der Waals surface area contributed by atoms with Gasteiger partial charge in [-0.15, -0.1) is 0 Å². The summed E-state index contributed by atoms with van der Waals surface area (Å²) in [5.41, 5.74) is -8.78. The molecule has 0 amide bonds. The van der Waals surface area contributed by atoms with Gasteiger partial charge >= 0.3 is 24.7 Å². The van der Waals surface area contributed by atoms with Gasteiger partial charge in [-0.2, -0.15) is 52.7 Å². The molecule has 0 radical (unpaired) electrons. The molecule has 26 heavy (non-hydrogen) atoms. The van der Waals surface area contributed by atoms with Crippen molar-refractivity contribution in [2.45, 2.75) is 64.2 Å². The summed E-state index contributed by atoms with van der Waals surface area (Å²) in [6.45, 7) is -0.420. The summed E-state index contributed by atoms with van der Waals surface area (Å²) in [6, 6.07) is 0. The Balaban J connectivity index is 3.39. The van der Waals surface area contributed by atoms with Crippen LogP contribution < -0.4 is 0 Å². The lowest BCUT2D eigenvalue weighted by Gasteiger charge is -2.48. The van der Waals surface area contributed by atoms with E-state index < -0.39 is 73.1 Å². The van der Waals surface area contributed by atoms with E-state index in [1.807, 2.05) is 0 Å². The fourth-order valence-corrected chi connectivity index (χ4v) is 3.49. The molecule has 12 heteroatoms. The first-order valence-corrected chi connectivity index (χ1v) is 7.48. The highest BCUT2D eigenvalue weighted by atomic mass is 19.4. The molecule has 0 saturated heterocycles. The van der Waals surface area contributed by atoms with E-state index in [1.165, 1.54) is 0 Å². The number of halogens is 12. The van der Waals surface area contributed by atoms with Crippen molar-refractivity contribution in [3.8, 4) is 0 Å². The number of rotatable bonds is 2. The molecular weight excluding hydrogens is 396 g/mol. The summed E-state index contributed by atoms with van der Waals surface area (Å²) in [7, 11) is 0. The van der Waals surface area contributed by atoms with Gasteiger partial charge in [0.2, 0.25) is 0 Å². The van der Waals surface area contributed by atoms with Crippen molar-refractivity contribution in [3.63, 3.8) is 0 Å². The van der Waals surface area contributed by atoms with Crippen LogP contribution in [0.5, 0.6) is 0 Å². The molecule has 1 aliphatic carbocycles. The van der Waals surface area contributed by atoms with Crippen LogP contribution in [-0.4, -0.2) is 24.7 Å². The highest BCUT2D eigenvalue weighted by Gasteiger charge is 2.74. The average Bonchev–Trinajstić information content (AvgIpc) is 2.40. The maximum Gasteiger partial charge on any atom is 0.403 e. The quantitative estimate of drug-likeness (QED) is 0.426. The molecule has 1 rings (SSSR count). The van der Waals surface area contributed by atoms with Gasteiger partial charge in [0.05, 0.1) is 0 Å². The van der Waals surface area contributed by atoms with E-state index in [0.717, 1.165) is 0 Å². The van der Waals surface area contributed by atoms with Crippen LogP contribution in [0.1, 0.15) is 39.5 Å². The van der Waals surface area contributed by atoms with Gasteiger partial charge in [0.15, 0.2) is 10.8 Å². The summed E-state index contributed by atoms with van der Waals surface area (Å²) >= 11 is 0. The molecule has 0 aliphatic heterocycles. The van der Waals surface area contributed by atoms with Crippen LogP contribution in [0.3, 0.4) is 0 Å². The Kier molecular flexibility index (Phi) is 5.67. The normalized spacial score (nSPS) is 24.7. The summed E-state index contributed by atoms with van der Waals surface area (Å²) < 4.78 is 157. The fourth-order valence-electron chi connectivity index (χ4n) is 3.49. The molecule has 0 aromatic heterocycles. The zero-order chi connectivity index (χ0) is 21.0. The molecule has 0 aromatic rings. The Bertz CT molecular complexity index is 420. The van der Waals surface area contributed by atoms with Crippen molar-refractivity contribution in [1.82, 2.24) is 0 Å². The first kappa shape index (κ1) is 23.2. The molecule has 0 aromatic carbocycles. The molecule has 0 nitrogen and oxygen atoms in total. The highest BCUT2D eigenvalue weighted by molar-refractivity contribution is 5.02. The largest absolute Gasteiger partial charge is 0.403 e. The van der Waals surface area contributed by atoms with Crippen molar-refractivity contribution < 1.29 is 52.7 Å². The topological polar surface area (TPSA) is 0 Å². The van der Waals surface area contributed by atoms with E-state index in [0.29, 0.717) is 0 Å². The molecule has 2 atom stereocenters. The minimum atomic E-state index is -5.87. The number of hydrogen-bond donors (Lipinski definition) is 0. The monoisotopic (exact) mass is 412 g/mol. The first-order chi connectivity index (χ1) is 11.2. The van der Waals surface area contributed by atoms with E-state index in [1.54, 1.807) is 0 Å². The minimum absolute atomic E-state index is 0.210. The van der Waals surface area contributed by atoms with Crippen LogP contribution in [0, 0.1) is 22.7 Å². The second kappa shape index (κ2) is 6.35. The van der Waals surface area contributed by atoms with Crippen molar-refractivity contribution >= 4 is 0 Å². The number of hydrogen-bond acceptors (Lipinski definition) is 0. The summed E-state index contributed by atoms with van der Waals surface area (Å²) in [5.74, 6) is -4.88. The van der Waals surface area contributed by atoms with Gasteiger partial charge in [-0.3, -0.25) is 0 Å². The molecule has 0 N–H and O–H groups in total. The zero-order valence-corrected chi connectivity index (χ0v) is 13.5. The molecule has 2 unspecified atom stereocenters. The Hall–Kier alpha value is -0.840. The summed E-state index contributed by atoms with van der Waals surface area (Å²) in [6.07, 6.45) is -27.1. The number of alkyl halides is 12. The second-order valence-electron chi connectivity index (χ2n) is 6.96. The van der Waals surface area contributed by atoms with Gasteiger partial charge in [0.25, 0.3) is 0 Å². The third kappa shape index (κ3) is 3.48. The Morgan fingerprint density at radius 3 is 0.923 bits per heavy atom. The predicted molar refractivity (Wildman–Crippen MR) is 65.9 cm³/mol. The third-order valence-electron chi connectivity index (χ3n) is 5.66. The Labute approximate surface area is 140 Å². The van der Waals surface area contributed by atoms with Gasteiger partial charge in [-0.1, -0.05) is 6.42 Å². The van der Waals surface area contributed by atoms with Crippen molar-refractivity contribution in [3.05, 3.63) is 0 Å². The first-order valence-electron chi connectivity index (χ1n) is 7.48. The minimum Gasteiger partial charge on any atom is -0.170 e. The Morgan fingerprint density at radius 2 is 0.731 bits per heavy atom. The van der Waals surface area contributed by atoms with E-state index in [-0.39, 0.29) is 13.8 Å². The highest BCUT2D eigenvalue weighted by Crippen LogP contribution is 2.63. The maximum absolute atomic E-state index is 13.1. The van der Waals surface area contributed by atoms with E-state index in [2.05, 4.69) is 0 Å². The lowest BCUT2D eigenvalue weighted by molar-refractivity contribution is -0.370. The molecule has 1 aliphatic rings. The molecule has 0 heterocycles. The standard InChI is InChI=1S/C14H16F12/c1-9(11(15,16)17,12(18,19)20)7-4-3-5-8(6-7)10(2,13(21,22)23)14(24,25)26/h7-8H,3-6H2,1-2H3. The maximum atomic E-state index is 13.1. The average molecular weight is 412 g/mol. The Morgan fingerprint density at radius 1 is 0.500 bits per heavy atom. The van der Waals surface area contributed by atoms with E-state index in [4.69, 9.17) is 0 Å². The van der Waals surface area contributed by atoms with E-state index >= 15 is 0 Å². The van der Waals surface area contributed by atoms with Crippen molar-refractivity contribution in [2.75, 3.05) is 0 Å². The van der Waals surface area contributed by atoms with Gasteiger partial charge in [0.1, 0.15) is 0 Å². The van der Waals surface area contributed by atoms with Crippen LogP contribution in [0.25, 0.3) is 0 Å². The zero-order valence-electron chi connectivity index (χ0n) is 13.5. The SMILES string of the molecule is CC(C1CCCC(C(C)(C(F)(F)F)C(F)(F)F)C1)(C(F)(F)F)C(F)(F)F. The second-order valence-corrected chi connectivity index (χ2v) is 6.96. The lowest BCUT2D eigenvalue weighted by atomic mass is 9.60. The molecule has 156 valence electrons.